The Hall–Kier alpha value is -2.40. The number of hydrogen-bond donors (Lipinski definition) is 2. The molecule has 2 rings (SSSR count). The Labute approximate surface area is 157 Å². The van der Waals surface area contributed by atoms with Crippen LogP contribution in [0, 0.1) is 5.92 Å². The molecule has 2 N–H and O–H groups in total. The lowest BCUT2D eigenvalue weighted by Gasteiger charge is -2.29. The summed E-state index contributed by atoms with van der Waals surface area (Å²) in [6.07, 6.45) is 6.01. The monoisotopic (exact) mass is 353 g/mol. The van der Waals surface area contributed by atoms with Gasteiger partial charge in [0.1, 0.15) is 5.82 Å². The van der Waals surface area contributed by atoms with Crippen molar-refractivity contribution >= 4 is 12.9 Å². The number of rotatable bonds is 10. The van der Waals surface area contributed by atoms with E-state index >= 15 is 0 Å². The number of benzene rings is 1. The maximum absolute atomic E-state index is 4.58. The molecular formula is C21H31N5. The zero-order valence-corrected chi connectivity index (χ0v) is 16.2. The van der Waals surface area contributed by atoms with Gasteiger partial charge < -0.3 is 10.6 Å². The van der Waals surface area contributed by atoms with Crippen molar-refractivity contribution in [2.24, 2.45) is 16.0 Å². The Morgan fingerprint density at radius 3 is 2.77 bits per heavy atom. The summed E-state index contributed by atoms with van der Waals surface area (Å²) in [5.74, 6) is 2.16. The normalized spacial score (nSPS) is 14.9. The van der Waals surface area contributed by atoms with Gasteiger partial charge in [-0.2, -0.15) is 5.10 Å². The molecular weight excluding hydrogens is 322 g/mol. The van der Waals surface area contributed by atoms with Crippen LogP contribution in [0.5, 0.6) is 0 Å². The van der Waals surface area contributed by atoms with Crippen molar-refractivity contribution in [3.05, 3.63) is 59.2 Å². The molecule has 140 valence electrons. The summed E-state index contributed by atoms with van der Waals surface area (Å²) in [6.45, 7) is 12.8. The second-order valence-corrected chi connectivity index (χ2v) is 6.61. The lowest BCUT2D eigenvalue weighted by Crippen LogP contribution is -2.31. The summed E-state index contributed by atoms with van der Waals surface area (Å²) in [6, 6.07) is 10.4. The zero-order chi connectivity index (χ0) is 18.8. The molecule has 1 aromatic rings. The predicted molar refractivity (Wildman–Crippen MR) is 111 cm³/mol. The average molecular weight is 354 g/mol. The fraction of sp³-hybridized carbons (Fsp3) is 0.429. The third-order valence-corrected chi connectivity index (χ3v) is 4.25. The molecule has 0 radical (unpaired) electrons. The van der Waals surface area contributed by atoms with Crippen molar-refractivity contribution in [3.63, 3.8) is 0 Å². The molecule has 0 fully saturated rings. The molecule has 0 aliphatic carbocycles. The first kappa shape index (κ1) is 19.9. The Morgan fingerprint density at radius 1 is 1.35 bits per heavy atom. The molecule has 1 aliphatic rings. The number of aliphatic imine (C=N–C) groups is 1. The maximum Gasteiger partial charge on any atom is 0.154 e. The molecule has 1 heterocycles. The summed E-state index contributed by atoms with van der Waals surface area (Å²) in [5, 5.41) is 13.4. The molecule has 0 saturated carbocycles. The van der Waals surface area contributed by atoms with Gasteiger partial charge in [0.2, 0.25) is 0 Å². The summed E-state index contributed by atoms with van der Waals surface area (Å²) >= 11 is 0. The SMILES string of the molecule is C=NC1=C(C(C)C)CC=NN1/C(=C\CNCCC)NCc1ccccc1. The van der Waals surface area contributed by atoms with Crippen molar-refractivity contribution in [2.45, 2.75) is 40.2 Å². The van der Waals surface area contributed by atoms with Crippen LogP contribution in [0.2, 0.25) is 0 Å². The van der Waals surface area contributed by atoms with Gasteiger partial charge in [0, 0.05) is 25.7 Å². The molecule has 0 amide bonds. The van der Waals surface area contributed by atoms with Gasteiger partial charge in [-0.15, -0.1) is 0 Å². The summed E-state index contributed by atoms with van der Waals surface area (Å²) < 4.78 is 0. The highest BCUT2D eigenvalue weighted by Gasteiger charge is 2.22. The van der Waals surface area contributed by atoms with Gasteiger partial charge in [0.05, 0.1) is 0 Å². The number of allylic oxidation sites excluding steroid dienone is 1. The van der Waals surface area contributed by atoms with Gasteiger partial charge in [-0.3, -0.25) is 0 Å². The van der Waals surface area contributed by atoms with Crippen molar-refractivity contribution in [1.29, 1.82) is 0 Å². The van der Waals surface area contributed by atoms with Crippen LogP contribution in [0.3, 0.4) is 0 Å². The van der Waals surface area contributed by atoms with E-state index in [0.717, 1.165) is 44.1 Å². The van der Waals surface area contributed by atoms with Crippen LogP contribution in [0.25, 0.3) is 0 Å². The lowest BCUT2D eigenvalue weighted by molar-refractivity contribution is 0.390. The minimum Gasteiger partial charge on any atom is -0.366 e. The summed E-state index contributed by atoms with van der Waals surface area (Å²) in [7, 11) is 0. The van der Waals surface area contributed by atoms with E-state index in [1.165, 1.54) is 11.1 Å². The molecule has 0 spiro atoms. The lowest BCUT2D eigenvalue weighted by atomic mass is 9.99. The van der Waals surface area contributed by atoms with Crippen molar-refractivity contribution in [2.75, 3.05) is 13.1 Å². The van der Waals surface area contributed by atoms with E-state index in [2.05, 4.69) is 78.6 Å². The average Bonchev–Trinajstić information content (AvgIpc) is 2.67. The number of nitrogens with one attached hydrogen (secondary N) is 2. The fourth-order valence-corrected chi connectivity index (χ4v) is 2.81. The Balaban J connectivity index is 2.22. The molecule has 1 aromatic carbocycles. The first-order valence-corrected chi connectivity index (χ1v) is 9.38. The highest BCUT2D eigenvalue weighted by atomic mass is 15.5. The van der Waals surface area contributed by atoms with Crippen molar-refractivity contribution in [1.82, 2.24) is 15.6 Å². The molecule has 26 heavy (non-hydrogen) atoms. The first-order valence-electron chi connectivity index (χ1n) is 9.38. The molecule has 0 atom stereocenters. The molecule has 0 aromatic heterocycles. The maximum atomic E-state index is 4.58. The van der Waals surface area contributed by atoms with Crippen molar-refractivity contribution < 1.29 is 0 Å². The van der Waals surface area contributed by atoms with E-state index in [1.807, 2.05) is 17.3 Å². The van der Waals surface area contributed by atoms with Gasteiger partial charge in [-0.25, -0.2) is 10.0 Å². The quantitative estimate of drug-likeness (QED) is 0.496. The van der Waals surface area contributed by atoms with Gasteiger partial charge in [-0.1, -0.05) is 51.1 Å². The van der Waals surface area contributed by atoms with E-state index in [4.69, 9.17) is 0 Å². The van der Waals surface area contributed by atoms with E-state index in [9.17, 15) is 0 Å². The predicted octanol–water partition coefficient (Wildman–Crippen LogP) is 3.88. The smallest absolute Gasteiger partial charge is 0.154 e. The fourth-order valence-electron chi connectivity index (χ4n) is 2.81. The molecule has 5 heteroatoms. The molecule has 0 unspecified atom stereocenters. The molecule has 0 bridgehead atoms. The number of hydrogen-bond acceptors (Lipinski definition) is 5. The minimum atomic E-state index is 0.401. The first-order chi connectivity index (χ1) is 12.7. The minimum absolute atomic E-state index is 0.401. The van der Waals surface area contributed by atoms with Gasteiger partial charge >= 0.3 is 0 Å². The van der Waals surface area contributed by atoms with Gasteiger partial charge in [0.15, 0.2) is 5.82 Å². The van der Waals surface area contributed by atoms with Crippen LogP contribution in [0.1, 0.15) is 39.2 Å². The topological polar surface area (TPSA) is 52.0 Å². The Morgan fingerprint density at radius 2 is 2.12 bits per heavy atom. The van der Waals surface area contributed by atoms with E-state index in [0.29, 0.717) is 5.92 Å². The largest absolute Gasteiger partial charge is 0.366 e. The van der Waals surface area contributed by atoms with Crippen LogP contribution in [-0.2, 0) is 6.54 Å². The number of hydrazone groups is 1. The molecule has 1 aliphatic heterocycles. The van der Waals surface area contributed by atoms with Crippen LogP contribution in [-0.4, -0.2) is 31.0 Å². The van der Waals surface area contributed by atoms with E-state index in [-0.39, 0.29) is 0 Å². The number of nitrogens with zero attached hydrogens (tertiary/aromatic N) is 3. The van der Waals surface area contributed by atoms with E-state index in [1.54, 1.807) is 0 Å². The second kappa shape index (κ2) is 10.6. The van der Waals surface area contributed by atoms with Crippen LogP contribution in [0.15, 0.2) is 63.7 Å². The third kappa shape index (κ3) is 5.56. The highest BCUT2D eigenvalue weighted by Crippen LogP contribution is 2.27. The van der Waals surface area contributed by atoms with Crippen molar-refractivity contribution in [3.8, 4) is 0 Å². The van der Waals surface area contributed by atoms with Gasteiger partial charge in [-0.05, 0) is 42.8 Å². The van der Waals surface area contributed by atoms with E-state index < -0.39 is 0 Å². The second-order valence-electron chi connectivity index (χ2n) is 6.61. The van der Waals surface area contributed by atoms with Crippen LogP contribution < -0.4 is 10.6 Å². The standard InChI is InChI=1S/C21H31N5/c1-5-13-23-14-12-20(24-16-18-9-7-6-8-10-18)26-21(22-4)19(17(2)3)11-15-25-26/h6-10,12,15,17,23-24H,4-5,11,13-14,16H2,1-3H3/b20-12-. The van der Waals surface area contributed by atoms with Crippen LogP contribution >= 0.6 is 0 Å². The van der Waals surface area contributed by atoms with Gasteiger partial charge in [0.25, 0.3) is 0 Å². The third-order valence-electron chi connectivity index (χ3n) is 4.25. The highest BCUT2D eigenvalue weighted by molar-refractivity contribution is 5.63. The van der Waals surface area contributed by atoms with Crippen LogP contribution in [0.4, 0.5) is 0 Å². The summed E-state index contributed by atoms with van der Waals surface area (Å²) in [4.78, 5) is 4.29. The molecule has 5 nitrogen and oxygen atoms in total. The Kier molecular flexibility index (Phi) is 8.09. The zero-order valence-electron chi connectivity index (χ0n) is 16.2. The summed E-state index contributed by atoms with van der Waals surface area (Å²) in [5.41, 5.74) is 2.48. The Bertz CT molecular complexity index is 658. The molecule has 0 saturated heterocycles.